The van der Waals surface area contributed by atoms with Crippen LogP contribution in [0.5, 0.6) is 0 Å². The third-order valence-electron chi connectivity index (χ3n) is 4.07. The van der Waals surface area contributed by atoms with Crippen molar-refractivity contribution in [2.75, 3.05) is 0 Å². The summed E-state index contributed by atoms with van der Waals surface area (Å²) in [7, 11) is 0. The van der Waals surface area contributed by atoms with Crippen LogP contribution >= 0.6 is 0 Å². The van der Waals surface area contributed by atoms with Crippen LogP contribution in [0.2, 0.25) is 0 Å². The molecule has 0 aliphatic heterocycles. The van der Waals surface area contributed by atoms with Gasteiger partial charge in [-0.3, -0.25) is 4.79 Å². The van der Waals surface area contributed by atoms with Gasteiger partial charge in [0.2, 0.25) is 0 Å². The van der Waals surface area contributed by atoms with E-state index in [-0.39, 0.29) is 11.7 Å². The molecule has 3 rings (SSSR count). The molecule has 1 heterocycles. The number of nitrogens with one attached hydrogen (secondary N) is 1. The highest BCUT2D eigenvalue weighted by Crippen LogP contribution is 2.30. The molecule has 1 aromatic heterocycles. The van der Waals surface area contributed by atoms with Crippen LogP contribution < -0.4 is 0 Å². The van der Waals surface area contributed by atoms with Crippen molar-refractivity contribution >= 4 is 16.7 Å². The second-order valence-electron chi connectivity index (χ2n) is 5.24. The molecule has 1 saturated carbocycles. The molecule has 1 aromatic carbocycles. The Morgan fingerprint density at radius 3 is 2.79 bits per heavy atom. The third kappa shape index (κ3) is 2.04. The summed E-state index contributed by atoms with van der Waals surface area (Å²) in [5, 5.41) is 9.99. The van der Waals surface area contributed by atoms with Gasteiger partial charge < -0.3 is 4.98 Å². The zero-order valence-electron chi connectivity index (χ0n) is 10.8. The first kappa shape index (κ1) is 12.0. The Bertz CT molecular complexity index is 657. The average molecular weight is 252 g/mol. The number of carbonyl (C=O) groups excluding carboxylic acids is 1. The third-order valence-corrected chi connectivity index (χ3v) is 4.07. The summed E-state index contributed by atoms with van der Waals surface area (Å²) in [6.07, 6.45) is 7.26. The van der Waals surface area contributed by atoms with Gasteiger partial charge in [-0.25, -0.2) is 0 Å². The molecule has 96 valence electrons. The highest BCUT2D eigenvalue weighted by atomic mass is 16.1. The molecule has 0 unspecified atom stereocenters. The number of fused-ring (bicyclic) bond motifs is 1. The second kappa shape index (κ2) is 4.89. The number of aromatic nitrogens is 1. The quantitative estimate of drug-likeness (QED) is 0.826. The molecule has 1 fully saturated rings. The Morgan fingerprint density at radius 1 is 1.26 bits per heavy atom. The van der Waals surface area contributed by atoms with Gasteiger partial charge in [0.15, 0.2) is 5.78 Å². The molecule has 19 heavy (non-hydrogen) atoms. The first-order valence-corrected chi connectivity index (χ1v) is 6.85. The van der Waals surface area contributed by atoms with E-state index in [9.17, 15) is 10.1 Å². The van der Waals surface area contributed by atoms with Crippen molar-refractivity contribution in [2.45, 2.75) is 32.1 Å². The van der Waals surface area contributed by atoms with Crippen LogP contribution in [-0.4, -0.2) is 10.8 Å². The van der Waals surface area contributed by atoms with E-state index in [1.807, 2.05) is 12.1 Å². The standard InChI is InChI=1S/C16H16N2O/c17-9-12-7-4-8-14-15(12)13(10-18-14)16(19)11-5-2-1-3-6-11/h4,7-8,10-11,18H,1-3,5-6H2. The first-order valence-electron chi connectivity index (χ1n) is 6.85. The van der Waals surface area contributed by atoms with Gasteiger partial charge in [0.05, 0.1) is 11.6 Å². The summed E-state index contributed by atoms with van der Waals surface area (Å²) in [5.41, 5.74) is 2.15. The van der Waals surface area contributed by atoms with Crippen molar-refractivity contribution in [2.24, 2.45) is 5.92 Å². The molecule has 0 saturated heterocycles. The van der Waals surface area contributed by atoms with Crippen molar-refractivity contribution in [3.05, 3.63) is 35.5 Å². The van der Waals surface area contributed by atoms with Crippen LogP contribution in [0.15, 0.2) is 24.4 Å². The number of benzene rings is 1. The van der Waals surface area contributed by atoms with Crippen molar-refractivity contribution in [1.29, 1.82) is 5.26 Å². The van der Waals surface area contributed by atoms with E-state index in [0.717, 1.165) is 36.6 Å². The van der Waals surface area contributed by atoms with Crippen LogP contribution in [0.4, 0.5) is 0 Å². The maximum atomic E-state index is 12.6. The number of rotatable bonds is 2. The maximum Gasteiger partial charge on any atom is 0.168 e. The summed E-state index contributed by atoms with van der Waals surface area (Å²) in [6.45, 7) is 0. The zero-order valence-corrected chi connectivity index (χ0v) is 10.8. The molecule has 0 amide bonds. The summed E-state index contributed by atoms with van der Waals surface area (Å²) in [5.74, 6) is 0.341. The molecule has 2 aromatic rings. The molecular formula is C16H16N2O. The van der Waals surface area contributed by atoms with E-state index >= 15 is 0 Å². The van der Waals surface area contributed by atoms with Crippen molar-refractivity contribution in [3.8, 4) is 6.07 Å². The Hall–Kier alpha value is -2.08. The number of carbonyl (C=O) groups is 1. The second-order valence-corrected chi connectivity index (χ2v) is 5.24. The monoisotopic (exact) mass is 252 g/mol. The molecular weight excluding hydrogens is 236 g/mol. The molecule has 1 N–H and O–H groups in total. The number of ketones is 1. The van der Waals surface area contributed by atoms with E-state index in [2.05, 4.69) is 11.1 Å². The highest BCUT2D eigenvalue weighted by molar-refractivity contribution is 6.10. The minimum atomic E-state index is 0.138. The fourth-order valence-electron chi connectivity index (χ4n) is 3.06. The average Bonchev–Trinajstić information content (AvgIpc) is 2.91. The SMILES string of the molecule is N#Cc1cccc2[nH]cc(C(=O)C3CCCCC3)c12. The predicted molar refractivity (Wildman–Crippen MR) is 73.9 cm³/mol. The molecule has 0 atom stereocenters. The Morgan fingerprint density at radius 2 is 2.05 bits per heavy atom. The highest BCUT2D eigenvalue weighted by Gasteiger charge is 2.25. The summed E-state index contributed by atoms with van der Waals surface area (Å²) < 4.78 is 0. The number of aromatic amines is 1. The lowest BCUT2D eigenvalue weighted by Gasteiger charge is -2.19. The van der Waals surface area contributed by atoms with Crippen LogP contribution in [0.3, 0.4) is 0 Å². The van der Waals surface area contributed by atoms with Crippen molar-refractivity contribution in [3.63, 3.8) is 0 Å². The minimum Gasteiger partial charge on any atom is -0.360 e. The van der Waals surface area contributed by atoms with Gasteiger partial charge in [-0.1, -0.05) is 25.3 Å². The largest absolute Gasteiger partial charge is 0.360 e. The number of nitrogens with zero attached hydrogens (tertiary/aromatic N) is 1. The van der Waals surface area contributed by atoms with E-state index < -0.39 is 0 Å². The lowest BCUT2D eigenvalue weighted by atomic mass is 9.83. The minimum absolute atomic E-state index is 0.138. The molecule has 0 spiro atoms. The van der Waals surface area contributed by atoms with E-state index in [0.29, 0.717) is 11.1 Å². The van der Waals surface area contributed by atoms with Gasteiger partial charge in [-0.15, -0.1) is 0 Å². The number of hydrogen-bond acceptors (Lipinski definition) is 2. The lowest BCUT2D eigenvalue weighted by Crippen LogP contribution is -2.17. The number of nitriles is 1. The smallest absolute Gasteiger partial charge is 0.168 e. The first-order chi connectivity index (χ1) is 9.31. The summed E-state index contributed by atoms with van der Waals surface area (Å²) in [6, 6.07) is 7.70. The predicted octanol–water partition coefficient (Wildman–Crippen LogP) is 3.80. The van der Waals surface area contributed by atoms with E-state index in [1.54, 1.807) is 12.3 Å². The number of hydrogen-bond donors (Lipinski definition) is 1. The Labute approximate surface area is 112 Å². The fourth-order valence-corrected chi connectivity index (χ4v) is 3.06. The van der Waals surface area contributed by atoms with E-state index in [4.69, 9.17) is 0 Å². The molecule has 1 aliphatic rings. The molecule has 3 nitrogen and oxygen atoms in total. The molecule has 0 radical (unpaired) electrons. The topological polar surface area (TPSA) is 56.6 Å². The van der Waals surface area contributed by atoms with Gasteiger partial charge >= 0.3 is 0 Å². The van der Waals surface area contributed by atoms with Crippen molar-refractivity contribution in [1.82, 2.24) is 4.98 Å². The van der Waals surface area contributed by atoms with Crippen LogP contribution in [0, 0.1) is 17.2 Å². The number of H-pyrrole nitrogens is 1. The zero-order chi connectivity index (χ0) is 13.2. The Balaban J connectivity index is 2.05. The number of Topliss-reactive ketones (excluding diaryl/α,β-unsaturated/α-hetero) is 1. The van der Waals surface area contributed by atoms with Crippen LogP contribution in [0.25, 0.3) is 10.9 Å². The summed E-state index contributed by atoms with van der Waals surface area (Å²) in [4.78, 5) is 15.7. The molecule has 3 heteroatoms. The van der Waals surface area contributed by atoms with Gasteiger partial charge in [-0.2, -0.15) is 5.26 Å². The van der Waals surface area contributed by atoms with Gasteiger partial charge in [0, 0.05) is 28.6 Å². The van der Waals surface area contributed by atoms with Crippen LogP contribution in [0.1, 0.15) is 48.0 Å². The Kier molecular flexibility index (Phi) is 3.08. The van der Waals surface area contributed by atoms with Gasteiger partial charge in [-0.05, 0) is 25.0 Å². The maximum absolute atomic E-state index is 12.6. The molecule has 0 bridgehead atoms. The van der Waals surface area contributed by atoms with E-state index in [1.165, 1.54) is 6.42 Å². The summed E-state index contributed by atoms with van der Waals surface area (Å²) >= 11 is 0. The van der Waals surface area contributed by atoms with Gasteiger partial charge in [0.1, 0.15) is 0 Å². The van der Waals surface area contributed by atoms with Crippen molar-refractivity contribution < 1.29 is 4.79 Å². The fraction of sp³-hybridized carbons (Fsp3) is 0.375. The van der Waals surface area contributed by atoms with Gasteiger partial charge in [0.25, 0.3) is 0 Å². The van der Waals surface area contributed by atoms with Crippen LogP contribution in [-0.2, 0) is 0 Å². The normalized spacial score (nSPS) is 16.4. The lowest BCUT2D eigenvalue weighted by molar-refractivity contribution is 0.0891. The molecule has 1 aliphatic carbocycles.